The third-order valence-electron chi connectivity index (χ3n) is 4.10. The molecule has 22 heavy (non-hydrogen) atoms. The van der Waals surface area contributed by atoms with Crippen LogP contribution in [0, 0.1) is 5.92 Å². The van der Waals surface area contributed by atoms with Gasteiger partial charge in [0, 0.05) is 37.9 Å². The largest absolute Gasteiger partial charge is 0.354 e. The molecule has 0 aliphatic carbocycles. The van der Waals surface area contributed by atoms with Gasteiger partial charge >= 0.3 is 0 Å². The number of piperidine rings is 1. The lowest BCUT2D eigenvalue weighted by Gasteiger charge is -2.34. The zero-order chi connectivity index (χ0) is 15.2. The van der Waals surface area contributed by atoms with E-state index < -0.39 is 6.17 Å². The highest BCUT2D eigenvalue weighted by Gasteiger charge is 2.29. The van der Waals surface area contributed by atoms with Crippen molar-refractivity contribution in [2.45, 2.75) is 19.1 Å². The van der Waals surface area contributed by atoms with E-state index in [2.05, 4.69) is 32.3 Å². The van der Waals surface area contributed by atoms with Gasteiger partial charge in [-0.3, -0.25) is 4.90 Å². The number of halogens is 1. The Morgan fingerprint density at radius 3 is 2.64 bits per heavy atom. The first-order valence-corrected chi connectivity index (χ1v) is 7.72. The van der Waals surface area contributed by atoms with E-state index in [0.29, 0.717) is 19.0 Å². The van der Waals surface area contributed by atoms with E-state index in [1.807, 2.05) is 18.2 Å². The molecule has 3 rings (SSSR count). The molecule has 0 radical (unpaired) electrons. The molecule has 4 nitrogen and oxygen atoms in total. The molecule has 0 bridgehead atoms. The molecular weight excluding hydrogens is 279 g/mol. The normalized spacial score (nSPS) is 22.4. The standard InChI is InChI=1S/C17H21FN4/c18-16-13-22(12-14-5-2-1-3-6-14)10-7-15(16)11-21-17-19-8-4-9-20-17/h1-6,8-9,15-16H,7,10-13H2,(H,19,20,21)/t15-,16+/m1/s1. The summed E-state index contributed by atoms with van der Waals surface area (Å²) in [6.07, 6.45) is 3.41. The summed E-state index contributed by atoms with van der Waals surface area (Å²) in [6, 6.07) is 12.0. The van der Waals surface area contributed by atoms with Crippen molar-refractivity contribution in [3.05, 3.63) is 54.4 Å². The van der Waals surface area contributed by atoms with Gasteiger partial charge in [0.2, 0.25) is 5.95 Å². The zero-order valence-corrected chi connectivity index (χ0v) is 12.5. The Morgan fingerprint density at radius 2 is 1.91 bits per heavy atom. The molecular formula is C17H21FN4. The van der Waals surface area contributed by atoms with E-state index in [1.165, 1.54) is 5.56 Å². The predicted molar refractivity (Wildman–Crippen MR) is 85.2 cm³/mol. The Labute approximate surface area is 130 Å². The van der Waals surface area contributed by atoms with Gasteiger partial charge in [0.1, 0.15) is 6.17 Å². The first kappa shape index (κ1) is 14.9. The van der Waals surface area contributed by atoms with Crippen LogP contribution in [-0.2, 0) is 6.54 Å². The molecule has 1 aromatic carbocycles. The van der Waals surface area contributed by atoms with E-state index in [1.54, 1.807) is 18.5 Å². The SMILES string of the molecule is F[C@H]1CN(Cc2ccccc2)CC[C@@H]1CNc1ncccn1. The highest BCUT2D eigenvalue weighted by Crippen LogP contribution is 2.22. The number of likely N-dealkylation sites (tertiary alicyclic amines) is 1. The molecule has 0 unspecified atom stereocenters. The van der Waals surface area contributed by atoms with Crippen LogP contribution in [0.4, 0.5) is 10.3 Å². The van der Waals surface area contributed by atoms with Crippen molar-refractivity contribution in [3.8, 4) is 0 Å². The monoisotopic (exact) mass is 300 g/mol. The quantitative estimate of drug-likeness (QED) is 0.922. The summed E-state index contributed by atoms with van der Waals surface area (Å²) in [4.78, 5) is 10.4. The summed E-state index contributed by atoms with van der Waals surface area (Å²) < 4.78 is 14.4. The second kappa shape index (κ2) is 7.31. The van der Waals surface area contributed by atoms with E-state index in [-0.39, 0.29) is 5.92 Å². The minimum Gasteiger partial charge on any atom is -0.354 e. The maximum absolute atomic E-state index is 14.4. The lowest BCUT2D eigenvalue weighted by molar-refractivity contribution is 0.0857. The zero-order valence-electron chi connectivity index (χ0n) is 12.5. The fourth-order valence-electron chi connectivity index (χ4n) is 2.84. The molecule has 116 valence electrons. The molecule has 0 saturated carbocycles. The average molecular weight is 300 g/mol. The van der Waals surface area contributed by atoms with Crippen LogP contribution >= 0.6 is 0 Å². The van der Waals surface area contributed by atoms with Crippen molar-refractivity contribution in [1.82, 2.24) is 14.9 Å². The van der Waals surface area contributed by atoms with Gasteiger partial charge in [-0.05, 0) is 24.6 Å². The van der Waals surface area contributed by atoms with E-state index in [9.17, 15) is 4.39 Å². The highest BCUT2D eigenvalue weighted by molar-refractivity contribution is 5.22. The lowest BCUT2D eigenvalue weighted by atomic mass is 9.94. The van der Waals surface area contributed by atoms with Gasteiger partial charge < -0.3 is 5.32 Å². The first-order valence-electron chi connectivity index (χ1n) is 7.72. The number of hydrogen-bond donors (Lipinski definition) is 1. The van der Waals surface area contributed by atoms with E-state index in [0.717, 1.165) is 19.5 Å². The summed E-state index contributed by atoms with van der Waals surface area (Å²) in [6.45, 7) is 2.84. The fraction of sp³-hybridized carbons (Fsp3) is 0.412. The Balaban J connectivity index is 1.48. The van der Waals surface area contributed by atoms with Crippen molar-refractivity contribution in [2.24, 2.45) is 5.92 Å². The van der Waals surface area contributed by atoms with Crippen molar-refractivity contribution < 1.29 is 4.39 Å². The van der Waals surface area contributed by atoms with E-state index >= 15 is 0 Å². The maximum atomic E-state index is 14.4. The number of benzene rings is 1. The Hall–Kier alpha value is -2.01. The summed E-state index contributed by atoms with van der Waals surface area (Å²) in [5.41, 5.74) is 1.24. The van der Waals surface area contributed by atoms with Crippen molar-refractivity contribution >= 4 is 5.95 Å². The third-order valence-corrected chi connectivity index (χ3v) is 4.10. The predicted octanol–water partition coefficient (Wildman–Crippen LogP) is 2.75. The summed E-state index contributed by atoms with van der Waals surface area (Å²) in [7, 11) is 0. The van der Waals surface area contributed by atoms with Gasteiger partial charge in [-0.2, -0.15) is 0 Å². The number of hydrogen-bond acceptors (Lipinski definition) is 4. The Morgan fingerprint density at radius 1 is 1.14 bits per heavy atom. The highest BCUT2D eigenvalue weighted by atomic mass is 19.1. The van der Waals surface area contributed by atoms with Crippen LogP contribution in [0.25, 0.3) is 0 Å². The van der Waals surface area contributed by atoms with Gasteiger partial charge in [-0.25, -0.2) is 14.4 Å². The van der Waals surface area contributed by atoms with Crippen LogP contribution in [0.3, 0.4) is 0 Å². The van der Waals surface area contributed by atoms with Crippen LogP contribution in [0.15, 0.2) is 48.8 Å². The van der Waals surface area contributed by atoms with Gasteiger partial charge in [-0.15, -0.1) is 0 Å². The molecule has 0 spiro atoms. The minimum atomic E-state index is -0.811. The van der Waals surface area contributed by atoms with Gasteiger partial charge in [-0.1, -0.05) is 30.3 Å². The fourth-order valence-corrected chi connectivity index (χ4v) is 2.84. The molecule has 0 amide bonds. The summed E-state index contributed by atoms with van der Waals surface area (Å²) in [5, 5.41) is 3.13. The summed E-state index contributed by atoms with van der Waals surface area (Å²) in [5.74, 6) is 0.595. The molecule has 5 heteroatoms. The van der Waals surface area contributed by atoms with Crippen molar-refractivity contribution in [1.29, 1.82) is 0 Å². The Bertz CT molecular complexity index is 563. The van der Waals surface area contributed by atoms with Crippen LogP contribution in [0.1, 0.15) is 12.0 Å². The maximum Gasteiger partial charge on any atom is 0.222 e. The smallest absolute Gasteiger partial charge is 0.222 e. The third kappa shape index (κ3) is 4.01. The minimum absolute atomic E-state index is 0.0239. The van der Waals surface area contributed by atoms with Crippen LogP contribution in [0.2, 0.25) is 0 Å². The number of alkyl halides is 1. The molecule has 1 aliphatic heterocycles. The lowest BCUT2D eigenvalue weighted by Crippen LogP contribution is -2.43. The molecule has 2 heterocycles. The van der Waals surface area contributed by atoms with Crippen LogP contribution in [0.5, 0.6) is 0 Å². The van der Waals surface area contributed by atoms with Gasteiger partial charge in [0.05, 0.1) is 0 Å². The van der Waals surface area contributed by atoms with Crippen molar-refractivity contribution in [2.75, 3.05) is 25.0 Å². The second-order valence-corrected chi connectivity index (χ2v) is 5.74. The molecule has 1 aliphatic rings. The number of nitrogens with one attached hydrogen (secondary N) is 1. The molecule has 1 saturated heterocycles. The molecule has 2 aromatic rings. The van der Waals surface area contributed by atoms with Gasteiger partial charge in [0.25, 0.3) is 0 Å². The Kier molecular flexibility index (Phi) is 4.96. The molecule has 1 aromatic heterocycles. The molecule has 1 N–H and O–H groups in total. The topological polar surface area (TPSA) is 41.0 Å². The average Bonchev–Trinajstić information content (AvgIpc) is 2.56. The molecule has 2 atom stereocenters. The molecule has 1 fully saturated rings. The number of anilines is 1. The van der Waals surface area contributed by atoms with Gasteiger partial charge in [0.15, 0.2) is 0 Å². The van der Waals surface area contributed by atoms with Crippen molar-refractivity contribution in [3.63, 3.8) is 0 Å². The number of aromatic nitrogens is 2. The summed E-state index contributed by atoms with van der Waals surface area (Å²) >= 11 is 0. The van der Waals surface area contributed by atoms with Crippen LogP contribution < -0.4 is 5.32 Å². The number of nitrogens with zero attached hydrogens (tertiary/aromatic N) is 3. The first-order chi connectivity index (χ1) is 10.8. The second-order valence-electron chi connectivity index (χ2n) is 5.74. The number of rotatable bonds is 5. The van der Waals surface area contributed by atoms with E-state index in [4.69, 9.17) is 0 Å². The van der Waals surface area contributed by atoms with Crippen LogP contribution in [-0.4, -0.2) is 40.7 Å².